The first-order valence-electron chi connectivity index (χ1n) is 10.2. The Balaban J connectivity index is 1.47. The molecule has 4 rings (SSSR count). The lowest BCUT2D eigenvalue weighted by Crippen LogP contribution is -1.94. The van der Waals surface area contributed by atoms with Crippen molar-refractivity contribution < 1.29 is 0 Å². The molecule has 138 valence electrons. The van der Waals surface area contributed by atoms with Crippen LogP contribution in [0.3, 0.4) is 0 Å². The van der Waals surface area contributed by atoms with Crippen LogP contribution in [0.4, 0.5) is 0 Å². The zero-order valence-corrected chi connectivity index (χ0v) is 16.1. The maximum Gasteiger partial charge on any atom is 0.0831 e. The highest BCUT2D eigenvalue weighted by Gasteiger charge is 2.05. The summed E-state index contributed by atoms with van der Waals surface area (Å²) >= 11 is 0. The highest BCUT2D eigenvalue weighted by Crippen LogP contribution is 2.24. The van der Waals surface area contributed by atoms with Crippen LogP contribution in [0.25, 0.3) is 27.2 Å². The van der Waals surface area contributed by atoms with Gasteiger partial charge in [-0.1, -0.05) is 74.6 Å². The molecular formula is C24H27N3. The van der Waals surface area contributed by atoms with Gasteiger partial charge in [0.05, 0.1) is 17.6 Å². The van der Waals surface area contributed by atoms with E-state index in [0.29, 0.717) is 0 Å². The number of aryl methyl sites for hydroxylation is 1. The second kappa shape index (κ2) is 8.34. The van der Waals surface area contributed by atoms with Crippen LogP contribution in [0.1, 0.15) is 51.1 Å². The second-order valence-corrected chi connectivity index (χ2v) is 7.40. The third kappa shape index (κ3) is 4.19. The van der Waals surface area contributed by atoms with Crippen molar-refractivity contribution in [3.63, 3.8) is 0 Å². The summed E-state index contributed by atoms with van der Waals surface area (Å²) in [5.74, 6) is 0. The van der Waals surface area contributed by atoms with Crippen molar-refractivity contribution in [1.82, 2.24) is 15.0 Å². The van der Waals surface area contributed by atoms with Crippen LogP contribution in [0.15, 0.2) is 60.8 Å². The summed E-state index contributed by atoms with van der Waals surface area (Å²) in [4.78, 5) is 0. The van der Waals surface area contributed by atoms with Crippen LogP contribution in [-0.2, 0) is 6.42 Å². The van der Waals surface area contributed by atoms with Crippen LogP contribution in [0.5, 0.6) is 0 Å². The molecule has 3 nitrogen and oxygen atoms in total. The lowest BCUT2D eigenvalue weighted by Gasteiger charge is -2.05. The fourth-order valence-electron chi connectivity index (χ4n) is 3.70. The smallest absolute Gasteiger partial charge is 0.0831 e. The van der Waals surface area contributed by atoms with Gasteiger partial charge in [-0.2, -0.15) is 0 Å². The van der Waals surface area contributed by atoms with Crippen LogP contribution < -0.4 is 0 Å². The Morgan fingerprint density at radius 2 is 1.44 bits per heavy atom. The van der Waals surface area contributed by atoms with Gasteiger partial charge >= 0.3 is 0 Å². The van der Waals surface area contributed by atoms with E-state index in [1.165, 1.54) is 60.1 Å². The normalized spacial score (nSPS) is 11.4. The molecule has 0 atom stereocenters. The van der Waals surface area contributed by atoms with Crippen LogP contribution in [0, 0.1) is 0 Å². The van der Waals surface area contributed by atoms with Gasteiger partial charge in [0.2, 0.25) is 0 Å². The molecule has 0 aliphatic rings. The van der Waals surface area contributed by atoms with E-state index in [2.05, 4.69) is 78.0 Å². The molecule has 1 aromatic heterocycles. The van der Waals surface area contributed by atoms with Crippen LogP contribution in [-0.4, -0.2) is 15.0 Å². The predicted molar refractivity (Wildman–Crippen MR) is 113 cm³/mol. The zero-order chi connectivity index (χ0) is 18.5. The number of rotatable bonds is 8. The molecule has 0 radical (unpaired) electrons. The monoisotopic (exact) mass is 357 g/mol. The molecule has 27 heavy (non-hydrogen) atoms. The van der Waals surface area contributed by atoms with Crippen LogP contribution >= 0.6 is 0 Å². The fraction of sp³-hybridized carbons (Fsp3) is 0.333. The highest BCUT2D eigenvalue weighted by molar-refractivity contribution is 5.98. The minimum Gasteiger partial charge on any atom is -0.220 e. The molecule has 0 unspecified atom stereocenters. The molecule has 3 aromatic carbocycles. The van der Waals surface area contributed by atoms with Crippen molar-refractivity contribution >= 4 is 21.5 Å². The lowest BCUT2D eigenvalue weighted by atomic mass is 10.0. The SMILES string of the molecule is CCCCCCCCc1cn(-c2ccc3cc4ccccc4cc3c2)nn1. The van der Waals surface area contributed by atoms with E-state index in [-0.39, 0.29) is 0 Å². The summed E-state index contributed by atoms with van der Waals surface area (Å²) in [6, 6.07) is 19.5. The third-order valence-electron chi connectivity index (χ3n) is 5.28. The summed E-state index contributed by atoms with van der Waals surface area (Å²) in [6.45, 7) is 2.26. The highest BCUT2D eigenvalue weighted by atomic mass is 15.4. The van der Waals surface area contributed by atoms with E-state index in [4.69, 9.17) is 0 Å². The molecule has 0 spiro atoms. The van der Waals surface area contributed by atoms with Gasteiger partial charge in [-0.25, -0.2) is 4.68 Å². The average Bonchev–Trinajstić information content (AvgIpc) is 3.17. The summed E-state index contributed by atoms with van der Waals surface area (Å²) in [5.41, 5.74) is 2.16. The number of fused-ring (bicyclic) bond motifs is 2. The van der Waals surface area contributed by atoms with E-state index < -0.39 is 0 Å². The van der Waals surface area contributed by atoms with Gasteiger partial charge in [0.1, 0.15) is 0 Å². The van der Waals surface area contributed by atoms with Gasteiger partial charge in [-0.15, -0.1) is 5.10 Å². The molecule has 4 aromatic rings. The van der Waals surface area contributed by atoms with Gasteiger partial charge in [0.15, 0.2) is 0 Å². The number of nitrogens with zero attached hydrogens (tertiary/aromatic N) is 3. The zero-order valence-electron chi connectivity index (χ0n) is 16.1. The molecule has 0 fully saturated rings. The first-order valence-corrected chi connectivity index (χ1v) is 10.2. The maximum absolute atomic E-state index is 4.37. The molecule has 3 heteroatoms. The third-order valence-corrected chi connectivity index (χ3v) is 5.28. The number of hydrogen-bond acceptors (Lipinski definition) is 2. The number of aromatic nitrogens is 3. The Labute approximate surface area is 161 Å². The Morgan fingerprint density at radius 1 is 0.741 bits per heavy atom. The molecule has 0 saturated heterocycles. The summed E-state index contributed by atoms with van der Waals surface area (Å²) in [5, 5.41) is 13.8. The largest absolute Gasteiger partial charge is 0.220 e. The van der Waals surface area contributed by atoms with E-state index >= 15 is 0 Å². The maximum atomic E-state index is 4.37. The van der Waals surface area contributed by atoms with Crippen molar-refractivity contribution in [2.24, 2.45) is 0 Å². The van der Waals surface area contributed by atoms with E-state index in [9.17, 15) is 0 Å². The Bertz CT molecular complexity index is 1030. The number of unbranched alkanes of at least 4 members (excludes halogenated alkanes) is 5. The standard InChI is InChI=1S/C24H27N3/c1-2-3-4-5-6-7-12-23-18-27(26-25-23)24-14-13-21-15-19-10-8-9-11-20(19)16-22(21)17-24/h8-11,13-18H,2-7,12H2,1H3. The van der Waals surface area contributed by atoms with Crippen molar-refractivity contribution in [3.8, 4) is 5.69 Å². The van der Waals surface area contributed by atoms with E-state index in [1.54, 1.807) is 0 Å². The molecule has 0 aliphatic carbocycles. The van der Waals surface area contributed by atoms with Gasteiger partial charge in [-0.05, 0) is 58.7 Å². The minimum absolute atomic E-state index is 1.02. The Kier molecular flexibility index (Phi) is 5.47. The molecule has 0 saturated carbocycles. The predicted octanol–water partition coefficient (Wildman–Crippen LogP) is 6.48. The van der Waals surface area contributed by atoms with Crippen molar-refractivity contribution in [2.45, 2.75) is 51.9 Å². The quantitative estimate of drug-likeness (QED) is 0.267. The number of hydrogen-bond donors (Lipinski definition) is 0. The average molecular weight is 358 g/mol. The van der Waals surface area contributed by atoms with Gasteiger partial charge < -0.3 is 0 Å². The fourth-order valence-corrected chi connectivity index (χ4v) is 3.70. The minimum atomic E-state index is 1.02. The van der Waals surface area contributed by atoms with Crippen molar-refractivity contribution in [3.05, 3.63) is 66.5 Å². The molecule has 0 bridgehead atoms. The molecule has 1 heterocycles. The first kappa shape index (κ1) is 17.7. The first-order chi connectivity index (χ1) is 13.3. The number of benzene rings is 3. The van der Waals surface area contributed by atoms with Crippen LogP contribution in [0.2, 0.25) is 0 Å². The topological polar surface area (TPSA) is 30.7 Å². The van der Waals surface area contributed by atoms with E-state index in [1.807, 2.05) is 4.68 Å². The van der Waals surface area contributed by atoms with Crippen molar-refractivity contribution in [1.29, 1.82) is 0 Å². The molecule has 0 aliphatic heterocycles. The molecule has 0 N–H and O–H groups in total. The van der Waals surface area contributed by atoms with Crippen molar-refractivity contribution in [2.75, 3.05) is 0 Å². The summed E-state index contributed by atoms with van der Waals surface area (Å²) < 4.78 is 1.90. The van der Waals surface area contributed by atoms with Gasteiger partial charge in [-0.3, -0.25) is 0 Å². The Morgan fingerprint density at radius 3 is 2.26 bits per heavy atom. The second-order valence-electron chi connectivity index (χ2n) is 7.40. The summed E-state index contributed by atoms with van der Waals surface area (Å²) in [7, 11) is 0. The summed E-state index contributed by atoms with van der Waals surface area (Å²) in [6.07, 6.45) is 10.9. The van der Waals surface area contributed by atoms with E-state index in [0.717, 1.165) is 17.8 Å². The molecule has 0 amide bonds. The van der Waals surface area contributed by atoms with Gasteiger partial charge in [0.25, 0.3) is 0 Å². The Hall–Kier alpha value is -2.68. The van der Waals surface area contributed by atoms with Gasteiger partial charge in [0, 0.05) is 0 Å². The molecular weight excluding hydrogens is 330 g/mol. The lowest BCUT2D eigenvalue weighted by molar-refractivity contribution is 0.604.